The number of aryl methyl sites for hydroxylation is 1. The van der Waals surface area contributed by atoms with Gasteiger partial charge in [0, 0.05) is 11.3 Å². The third-order valence-electron chi connectivity index (χ3n) is 6.63. The summed E-state index contributed by atoms with van der Waals surface area (Å²) in [6.45, 7) is 7.91. The summed E-state index contributed by atoms with van der Waals surface area (Å²) in [4.78, 5) is 12.9. The molecular weight excluding hydrogens is 369 g/mol. The van der Waals surface area contributed by atoms with Gasteiger partial charge in [0.25, 0.3) is 11.6 Å². The van der Waals surface area contributed by atoms with Crippen LogP contribution in [0.5, 0.6) is 0 Å². The van der Waals surface area contributed by atoms with Gasteiger partial charge in [-0.05, 0) is 49.7 Å². The van der Waals surface area contributed by atoms with Crippen molar-refractivity contribution in [3.05, 3.63) is 35.4 Å². The van der Waals surface area contributed by atoms with Crippen molar-refractivity contribution >= 4 is 11.6 Å². The van der Waals surface area contributed by atoms with E-state index in [9.17, 15) is 23.1 Å². The van der Waals surface area contributed by atoms with Crippen LogP contribution in [-0.2, 0) is 0 Å². The van der Waals surface area contributed by atoms with Crippen LogP contribution < -0.4 is 0 Å². The molecule has 1 N–H and O–H groups in total. The van der Waals surface area contributed by atoms with E-state index in [0.717, 1.165) is 12.0 Å². The second-order valence-corrected chi connectivity index (χ2v) is 8.66. The van der Waals surface area contributed by atoms with Gasteiger partial charge in [-0.15, -0.1) is 0 Å². The number of carbonyl (C=O) groups excluding carboxylic acids is 1. The quantitative estimate of drug-likeness (QED) is 0.789. The van der Waals surface area contributed by atoms with E-state index in [2.05, 4.69) is 5.10 Å². The summed E-state index contributed by atoms with van der Waals surface area (Å²) < 4.78 is 42.3. The van der Waals surface area contributed by atoms with Crippen molar-refractivity contribution in [1.82, 2.24) is 5.01 Å². The number of hydrogen-bond acceptors (Lipinski definition) is 3. The maximum absolute atomic E-state index is 14.1. The number of alkyl halides is 3. The smallest absolute Gasteiger partial charge is 0.362 e. The largest absolute Gasteiger partial charge is 0.439 e. The highest BCUT2D eigenvalue weighted by molar-refractivity contribution is 5.99. The lowest BCUT2D eigenvalue weighted by molar-refractivity contribution is -0.314. The van der Waals surface area contributed by atoms with Crippen molar-refractivity contribution < 1.29 is 23.1 Å². The van der Waals surface area contributed by atoms with Crippen molar-refractivity contribution in [1.29, 1.82) is 0 Å². The van der Waals surface area contributed by atoms with Gasteiger partial charge in [-0.3, -0.25) is 4.79 Å². The Morgan fingerprint density at radius 1 is 1.29 bits per heavy atom. The van der Waals surface area contributed by atoms with Crippen LogP contribution in [0.2, 0.25) is 0 Å². The number of rotatable bonds is 3. The molecule has 3 rings (SSSR count). The van der Waals surface area contributed by atoms with E-state index in [0.29, 0.717) is 12.8 Å². The van der Waals surface area contributed by atoms with Gasteiger partial charge in [0.05, 0.1) is 5.92 Å². The Balaban J connectivity index is 2.00. The Kier molecular flexibility index (Phi) is 5.11. The molecule has 0 aromatic heterocycles. The van der Waals surface area contributed by atoms with Gasteiger partial charge in [0.1, 0.15) is 0 Å². The SMILES string of the molecule is CCC(C)(C)[C@@H]1CCC2=NN(C(=O)c3ccc(C)cc3)[C@](O)(C(F)(F)F)[C@@H]2C1. The molecule has 7 heteroatoms. The van der Waals surface area contributed by atoms with Crippen molar-refractivity contribution in [2.24, 2.45) is 22.4 Å². The summed E-state index contributed by atoms with van der Waals surface area (Å²) in [5.41, 5.74) is -2.24. The zero-order valence-corrected chi connectivity index (χ0v) is 16.7. The minimum Gasteiger partial charge on any atom is -0.362 e. The van der Waals surface area contributed by atoms with E-state index in [1.54, 1.807) is 12.1 Å². The number of nitrogens with zero attached hydrogens (tertiary/aromatic N) is 2. The van der Waals surface area contributed by atoms with Crippen LogP contribution in [0.25, 0.3) is 0 Å². The molecular formula is C21H27F3N2O2. The fourth-order valence-corrected chi connectivity index (χ4v) is 4.24. The van der Waals surface area contributed by atoms with Crippen LogP contribution >= 0.6 is 0 Å². The van der Waals surface area contributed by atoms with E-state index >= 15 is 0 Å². The Labute approximate surface area is 163 Å². The van der Waals surface area contributed by atoms with Gasteiger partial charge in [-0.2, -0.15) is 23.3 Å². The monoisotopic (exact) mass is 396 g/mol. The third-order valence-corrected chi connectivity index (χ3v) is 6.63. The number of benzene rings is 1. The highest BCUT2D eigenvalue weighted by Gasteiger charge is 2.69. The van der Waals surface area contributed by atoms with E-state index in [4.69, 9.17) is 0 Å². The fraction of sp³-hybridized carbons (Fsp3) is 0.619. The maximum atomic E-state index is 14.1. The molecule has 0 unspecified atom stereocenters. The van der Waals surface area contributed by atoms with Crippen molar-refractivity contribution in [2.45, 2.75) is 65.3 Å². The molecule has 1 aromatic rings. The Hall–Kier alpha value is -1.89. The molecule has 2 aliphatic rings. The number of hydrazone groups is 1. The number of amides is 1. The Bertz CT molecular complexity index is 786. The molecule has 3 atom stereocenters. The summed E-state index contributed by atoms with van der Waals surface area (Å²) in [6, 6.07) is 6.21. The van der Waals surface area contributed by atoms with Gasteiger partial charge in [-0.1, -0.05) is 44.9 Å². The van der Waals surface area contributed by atoms with Crippen LogP contribution in [0, 0.1) is 24.2 Å². The summed E-state index contributed by atoms with van der Waals surface area (Å²) in [5, 5.41) is 15.2. The van der Waals surface area contributed by atoms with Crippen molar-refractivity contribution in [3.63, 3.8) is 0 Å². The van der Waals surface area contributed by atoms with Gasteiger partial charge in [0.15, 0.2) is 0 Å². The molecule has 0 radical (unpaired) electrons. The lowest BCUT2D eigenvalue weighted by Gasteiger charge is -2.43. The minimum atomic E-state index is -5.01. The zero-order valence-electron chi connectivity index (χ0n) is 16.7. The highest BCUT2D eigenvalue weighted by Crippen LogP contribution is 2.52. The average Bonchev–Trinajstić information content (AvgIpc) is 2.95. The molecule has 1 saturated carbocycles. The molecule has 0 spiro atoms. The summed E-state index contributed by atoms with van der Waals surface area (Å²) in [7, 11) is 0. The maximum Gasteiger partial charge on any atom is 0.439 e. The normalized spacial score (nSPS) is 28.1. The van der Waals surface area contributed by atoms with Gasteiger partial charge in [-0.25, -0.2) is 0 Å². The van der Waals surface area contributed by atoms with Crippen LogP contribution in [-0.4, -0.2) is 33.6 Å². The van der Waals surface area contributed by atoms with E-state index < -0.39 is 23.7 Å². The third kappa shape index (κ3) is 3.23. The van der Waals surface area contributed by atoms with Gasteiger partial charge < -0.3 is 5.11 Å². The number of hydrogen-bond donors (Lipinski definition) is 1. The zero-order chi connectivity index (χ0) is 20.9. The van der Waals surface area contributed by atoms with E-state index in [1.165, 1.54) is 12.1 Å². The van der Waals surface area contributed by atoms with Crippen LogP contribution in [0.1, 0.15) is 62.4 Å². The second-order valence-electron chi connectivity index (χ2n) is 8.66. The fourth-order valence-electron chi connectivity index (χ4n) is 4.24. The molecule has 1 heterocycles. The average molecular weight is 396 g/mol. The van der Waals surface area contributed by atoms with Gasteiger partial charge >= 0.3 is 6.18 Å². The van der Waals surface area contributed by atoms with Gasteiger partial charge in [0.2, 0.25) is 0 Å². The first-order valence-corrected chi connectivity index (χ1v) is 9.69. The van der Waals surface area contributed by atoms with E-state index in [-0.39, 0.29) is 34.0 Å². The lowest BCUT2D eigenvalue weighted by Crippen LogP contribution is -2.62. The Morgan fingerprint density at radius 2 is 1.89 bits per heavy atom. The molecule has 1 amide bonds. The molecule has 1 aliphatic heterocycles. The predicted molar refractivity (Wildman–Crippen MR) is 101 cm³/mol. The van der Waals surface area contributed by atoms with Crippen LogP contribution in [0.4, 0.5) is 13.2 Å². The number of aliphatic hydroxyl groups is 1. The molecule has 28 heavy (non-hydrogen) atoms. The van der Waals surface area contributed by atoms with Crippen LogP contribution in [0.3, 0.4) is 0 Å². The standard InChI is InChI=1S/C21H27F3N2O2/c1-5-19(3,4)15-10-11-17-16(12-15)20(28,21(22,23)24)26(25-17)18(27)14-8-6-13(2)7-9-14/h6-9,15-16,28H,5,10-12H2,1-4H3/t15-,16-,20-/m1/s1. The van der Waals surface area contributed by atoms with Crippen molar-refractivity contribution in [2.75, 3.05) is 0 Å². The molecule has 1 aliphatic carbocycles. The summed E-state index contributed by atoms with van der Waals surface area (Å²) >= 11 is 0. The predicted octanol–water partition coefficient (Wildman–Crippen LogP) is 4.91. The molecule has 0 saturated heterocycles. The molecule has 0 bridgehead atoms. The topological polar surface area (TPSA) is 52.9 Å². The summed E-state index contributed by atoms with van der Waals surface area (Å²) in [5.74, 6) is -2.15. The highest BCUT2D eigenvalue weighted by atomic mass is 19.4. The van der Waals surface area contributed by atoms with Crippen molar-refractivity contribution in [3.8, 4) is 0 Å². The molecule has 4 nitrogen and oxygen atoms in total. The number of carbonyl (C=O) groups is 1. The van der Waals surface area contributed by atoms with E-state index in [1.807, 2.05) is 27.7 Å². The first-order valence-electron chi connectivity index (χ1n) is 9.69. The Morgan fingerprint density at radius 3 is 2.43 bits per heavy atom. The molecule has 1 fully saturated rings. The number of halogens is 3. The summed E-state index contributed by atoms with van der Waals surface area (Å²) in [6.07, 6.45) is -2.96. The first kappa shape index (κ1) is 20.8. The second kappa shape index (κ2) is 6.87. The first-order chi connectivity index (χ1) is 12.9. The molecule has 154 valence electrons. The molecule has 1 aromatic carbocycles. The van der Waals surface area contributed by atoms with Crippen LogP contribution in [0.15, 0.2) is 29.4 Å². The lowest BCUT2D eigenvalue weighted by atomic mass is 9.64. The number of fused-ring (bicyclic) bond motifs is 1. The minimum absolute atomic E-state index is 0.0183.